The number of rotatable bonds is 13. The van der Waals surface area contributed by atoms with Crippen molar-refractivity contribution in [2.45, 2.75) is 62.7 Å². The van der Waals surface area contributed by atoms with E-state index in [0.29, 0.717) is 24.0 Å². The maximum Gasteiger partial charge on any atom is 0.326 e. The highest BCUT2D eigenvalue weighted by Crippen LogP contribution is 2.20. The van der Waals surface area contributed by atoms with Crippen molar-refractivity contribution in [2.75, 3.05) is 6.54 Å². The van der Waals surface area contributed by atoms with Crippen LogP contribution in [0.2, 0.25) is 0 Å². The number of carbonyl (C=O) groups is 5. The van der Waals surface area contributed by atoms with Gasteiger partial charge in [0.15, 0.2) is 0 Å². The van der Waals surface area contributed by atoms with Gasteiger partial charge in [0, 0.05) is 19.4 Å². The molecule has 4 unspecified atom stereocenters. The molecule has 3 rings (SSSR count). The summed E-state index contributed by atoms with van der Waals surface area (Å²) in [6.45, 7) is 0.224. The second-order valence-corrected chi connectivity index (χ2v) is 9.75. The molecule has 4 atom stereocenters. The van der Waals surface area contributed by atoms with Crippen LogP contribution >= 0.6 is 0 Å². The molecule has 1 fully saturated rings. The molecule has 12 heteroatoms. The lowest BCUT2D eigenvalue weighted by molar-refractivity contribution is -0.149. The molecule has 0 spiro atoms. The number of carboxylic acid groups (broad SMARTS) is 2. The summed E-state index contributed by atoms with van der Waals surface area (Å²) in [5.74, 6) is -4.32. The second-order valence-electron chi connectivity index (χ2n) is 9.75. The summed E-state index contributed by atoms with van der Waals surface area (Å²) in [4.78, 5) is 63.9. The van der Waals surface area contributed by atoms with E-state index in [2.05, 4.69) is 10.6 Å². The average molecular weight is 555 g/mol. The average Bonchev–Trinajstić information content (AvgIpc) is 3.42. The van der Waals surface area contributed by atoms with Crippen molar-refractivity contribution >= 4 is 29.7 Å². The van der Waals surface area contributed by atoms with Crippen LogP contribution in [0.5, 0.6) is 5.75 Å². The summed E-state index contributed by atoms with van der Waals surface area (Å²) in [6, 6.07) is 10.4. The lowest BCUT2D eigenvalue weighted by Crippen LogP contribution is -2.57. The number of likely N-dealkylation sites (tertiary alicyclic amines) is 1. The molecule has 1 aliphatic heterocycles. The number of carboxylic acids is 2. The summed E-state index contributed by atoms with van der Waals surface area (Å²) >= 11 is 0. The normalized spacial score (nSPS) is 16.9. The molecule has 0 saturated carbocycles. The Hall–Kier alpha value is -4.45. The first-order valence-corrected chi connectivity index (χ1v) is 13.0. The minimum atomic E-state index is -1.31. The van der Waals surface area contributed by atoms with Crippen molar-refractivity contribution in [1.29, 1.82) is 0 Å². The third-order valence-electron chi connectivity index (χ3n) is 6.73. The molecule has 0 bridgehead atoms. The van der Waals surface area contributed by atoms with Gasteiger partial charge < -0.3 is 36.6 Å². The van der Waals surface area contributed by atoms with Gasteiger partial charge in [-0.15, -0.1) is 0 Å². The van der Waals surface area contributed by atoms with Crippen LogP contribution in [0.1, 0.15) is 36.8 Å². The first-order chi connectivity index (χ1) is 19.0. The summed E-state index contributed by atoms with van der Waals surface area (Å²) in [7, 11) is 0. The lowest BCUT2D eigenvalue weighted by atomic mass is 10.0. The summed E-state index contributed by atoms with van der Waals surface area (Å²) < 4.78 is 0. The van der Waals surface area contributed by atoms with E-state index in [4.69, 9.17) is 5.73 Å². The number of carbonyl (C=O) groups excluding carboxylic acids is 3. The molecule has 7 N–H and O–H groups in total. The molecule has 1 aliphatic rings. The Morgan fingerprint density at radius 1 is 0.875 bits per heavy atom. The fourth-order valence-electron chi connectivity index (χ4n) is 4.60. The molecule has 0 radical (unpaired) electrons. The van der Waals surface area contributed by atoms with E-state index in [0.717, 1.165) is 0 Å². The number of phenols is 1. The quantitative estimate of drug-likeness (QED) is 0.203. The van der Waals surface area contributed by atoms with Gasteiger partial charge in [-0.05, 0) is 48.9 Å². The number of nitrogens with one attached hydrogen (secondary N) is 2. The van der Waals surface area contributed by atoms with Gasteiger partial charge in [0.1, 0.15) is 23.9 Å². The lowest BCUT2D eigenvalue weighted by Gasteiger charge is -2.29. The van der Waals surface area contributed by atoms with E-state index in [-0.39, 0.29) is 31.6 Å². The molecule has 0 aromatic heterocycles. The summed E-state index contributed by atoms with van der Waals surface area (Å²) in [5, 5.41) is 33.3. The highest BCUT2D eigenvalue weighted by molar-refractivity contribution is 5.94. The molecule has 1 heterocycles. The van der Waals surface area contributed by atoms with Gasteiger partial charge in [-0.3, -0.25) is 19.2 Å². The Balaban J connectivity index is 1.77. The van der Waals surface area contributed by atoms with Crippen LogP contribution in [-0.2, 0) is 36.8 Å². The number of nitrogens with two attached hydrogens (primary N) is 1. The number of benzene rings is 2. The van der Waals surface area contributed by atoms with Gasteiger partial charge >= 0.3 is 11.9 Å². The number of aromatic hydroxyl groups is 1. The second kappa shape index (κ2) is 14.1. The molecule has 2 aromatic rings. The summed E-state index contributed by atoms with van der Waals surface area (Å²) in [5.41, 5.74) is 7.41. The molecule has 0 aliphatic carbocycles. The predicted molar refractivity (Wildman–Crippen MR) is 143 cm³/mol. The fourth-order valence-corrected chi connectivity index (χ4v) is 4.60. The van der Waals surface area contributed by atoms with Crippen molar-refractivity contribution in [3.05, 3.63) is 65.7 Å². The minimum absolute atomic E-state index is 0.0513. The largest absolute Gasteiger partial charge is 0.508 e. The predicted octanol–water partition coefficient (Wildman–Crippen LogP) is 0.415. The third kappa shape index (κ3) is 8.53. The molecule has 12 nitrogen and oxygen atoms in total. The smallest absolute Gasteiger partial charge is 0.326 e. The van der Waals surface area contributed by atoms with E-state index in [1.807, 2.05) is 0 Å². The Kier molecular flexibility index (Phi) is 10.6. The van der Waals surface area contributed by atoms with Gasteiger partial charge in [0.2, 0.25) is 17.7 Å². The van der Waals surface area contributed by atoms with Crippen LogP contribution in [0.25, 0.3) is 0 Å². The van der Waals surface area contributed by atoms with Crippen molar-refractivity contribution in [2.24, 2.45) is 5.73 Å². The number of nitrogens with zero attached hydrogens (tertiary/aromatic N) is 1. The highest BCUT2D eigenvalue weighted by atomic mass is 16.4. The molecule has 2 aromatic carbocycles. The molecule has 214 valence electrons. The zero-order valence-electron chi connectivity index (χ0n) is 21.9. The zero-order chi connectivity index (χ0) is 29.2. The number of hydrogen-bond acceptors (Lipinski definition) is 7. The van der Waals surface area contributed by atoms with Crippen molar-refractivity contribution in [1.82, 2.24) is 15.5 Å². The SMILES string of the molecule is NC(Cc1ccc(O)cc1)C(=O)NC(CCC(=O)O)C(=O)NC(Cc1ccccc1)C(=O)N1CCCC1C(=O)O. The number of aliphatic carboxylic acids is 2. The highest BCUT2D eigenvalue weighted by Gasteiger charge is 2.38. The third-order valence-corrected chi connectivity index (χ3v) is 6.73. The molecule has 40 heavy (non-hydrogen) atoms. The van der Waals surface area contributed by atoms with Gasteiger partial charge in [-0.2, -0.15) is 0 Å². The van der Waals surface area contributed by atoms with Gasteiger partial charge in [-0.1, -0.05) is 42.5 Å². The minimum Gasteiger partial charge on any atom is -0.508 e. The summed E-state index contributed by atoms with van der Waals surface area (Å²) in [6.07, 6.45) is 0.269. The van der Waals surface area contributed by atoms with Crippen molar-refractivity contribution in [3.8, 4) is 5.75 Å². The van der Waals surface area contributed by atoms with E-state index >= 15 is 0 Å². The molecule has 1 saturated heterocycles. The topological polar surface area (TPSA) is 199 Å². The number of phenolic OH excluding ortho intramolecular Hbond substituents is 1. The maximum absolute atomic E-state index is 13.5. The standard InChI is InChI=1S/C28H34N4O8/c29-20(15-18-8-10-19(33)11-9-18)25(36)30-21(12-13-24(34)35)26(37)31-22(16-17-5-2-1-3-6-17)27(38)32-14-4-7-23(32)28(39)40/h1-3,5-6,8-11,20-23,33H,4,7,12-16,29H2,(H,30,36)(H,31,37)(H,34,35)(H,39,40). The van der Waals surface area contributed by atoms with Crippen LogP contribution in [0.15, 0.2) is 54.6 Å². The zero-order valence-corrected chi connectivity index (χ0v) is 21.9. The van der Waals surface area contributed by atoms with Gasteiger partial charge in [0.05, 0.1) is 6.04 Å². The van der Waals surface area contributed by atoms with Crippen LogP contribution in [0.3, 0.4) is 0 Å². The van der Waals surface area contributed by atoms with Crippen LogP contribution in [0.4, 0.5) is 0 Å². The molecular weight excluding hydrogens is 520 g/mol. The van der Waals surface area contributed by atoms with Crippen molar-refractivity contribution < 1.29 is 39.3 Å². The van der Waals surface area contributed by atoms with Crippen molar-refractivity contribution in [3.63, 3.8) is 0 Å². The van der Waals surface area contributed by atoms with E-state index in [1.54, 1.807) is 42.5 Å². The van der Waals surface area contributed by atoms with E-state index < -0.39 is 60.2 Å². The van der Waals surface area contributed by atoms with Crippen LogP contribution in [-0.4, -0.2) is 80.6 Å². The molecular formula is C28H34N4O8. The van der Waals surface area contributed by atoms with Crippen LogP contribution < -0.4 is 16.4 Å². The Labute approximate surface area is 231 Å². The Morgan fingerprint density at radius 2 is 1.50 bits per heavy atom. The van der Waals surface area contributed by atoms with E-state index in [1.165, 1.54) is 17.0 Å². The first-order valence-electron chi connectivity index (χ1n) is 13.0. The number of amides is 3. The first kappa shape index (κ1) is 30.1. The van der Waals surface area contributed by atoms with Gasteiger partial charge in [0.25, 0.3) is 0 Å². The number of hydrogen-bond donors (Lipinski definition) is 6. The maximum atomic E-state index is 13.5. The Bertz CT molecular complexity index is 1200. The van der Waals surface area contributed by atoms with Crippen LogP contribution in [0, 0.1) is 0 Å². The van der Waals surface area contributed by atoms with Gasteiger partial charge in [-0.25, -0.2) is 4.79 Å². The van der Waals surface area contributed by atoms with E-state index in [9.17, 15) is 39.3 Å². The Morgan fingerprint density at radius 3 is 2.12 bits per heavy atom. The molecule has 3 amide bonds. The fraction of sp³-hybridized carbons (Fsp3) is 0.393. The monoisotopic (exact) mass is 554 g/mol.